The highest BCUT2D eigenvalue weighted by atomic mass is 79.9. The van der Waals surface area contributed by atoms with Crippen molar-refractivity contribution in [1.29, 1.82) is 0 Å². The van der Waals surface area contributed by atoms with Gasteiger partial charge in [0.05, 0.1) is 22.4 Å². The van der Waals surface area contributed by atoms with Crippen LogP contribution in [-0.2, 0) is 6.54 Å². The van der Waals surface area contributed by atoms with Crippen LogP contribution in [0.5, 0.6) is 0 Å². The summed E-state index contributed by atoms with van der Waals surface area (Å²) in [4.78, 5) is 0. The van der Waals surface area contributed by atoms with E-state index < -0.39 is 0 Å². The second kappa shape index (κ2) is 8.70. The third kappa shape index (κ3) is 4.39. The number of halogens is 1. The molecule has 0 aliphatic carbocycles. The van der Waals surface area contributed by atoms with Crippen molar-refractivity contribution in [3.05, 3.63) is 16.4 Å². The van der Waals surface area contributed by atoms with E-state index in [2.05, 4.69) is 51.8 Å². The maximum atomic E-state index is 4.41. The van der Waals surface area contributed by atoms with Gasteiger partial charge in [0.2, 0.25) is 0 Å². The molecule has 0 saturated heterocycles. The number of rotatable bonds is 9. The second-order valence-corrected chi connectivity index (χ2v) is 5.51. The minimum Gasteiger partial charge on any atom is -0.309 e. The number of nitrogens with zero attached hydrogens (tertiary/aromatic N) is 2. The molecule has 1 heterocycles. The molecule has 0 aromatic carbocycles. The van der Waals surface area contributed by atoms with E-state index in [0.29, 0.717) is 6.04 Å². The summed E-state index contributed by atoms with van der Waals surface area (Å²) in [5.41, 5.74) is 1.30. The molecular weight excluding hydrogens is 290 g/mol. The first-order chi connectivity index (χ1) is 8.74. The molecule has 0 aliphatic rings. The summed E-state index contributed by atoms with van der Waals surface area (Å²) in [5.74, 6) is 0. The maximum Gasteiger partial charge on any atom is 0.0695 e. The topological polar surface area (TPSA) is 29.9 Å². The molecule has 3 nitrogen and oxygen atoms in total. The van der Waals surface area contributed by atoms with Crippen LogP contribution in [0, 0.1) is 0 Å². The molecule has 0 bridgehead atoms. The van der Waals surface area contributed by atoms with Crippen LogP contribution in [0.3, 0.4) is 0 Å². The number of hydrogen-bond acceptors (Lipinski definition) is 2. The van der Waals surface area contributed by atoms with Gasteiger partial charge in [0, 0.05) is 6.54 Å². The number of aromatic nitrogens is 2. The molecule has 0 radical (unpaired) electrons. The van der Waals surface area contributed by atoms with Crippen molar-refractivity contribution in [2.45, 2.75) is 65.5 Å². The Hall–Kier alpha value is -0.350. The van der Waals surface area contributed by atoms with Crippen LogP contribution in [0.4, 0.5) is 0 Å². The molecule has 1 unspecified atom stereocenters. The van der Waals surface area contributed by atoms with E-state index in [4.69, 9.17) is 0 Å². The van der Waals surface area contributed by atoms with Gasteiger partial charge in [-0.3, -0.25) is 4.68 Å². The van der Waals surface area contributed by atoms with E-state index in [1.165, 1.54) is 37.8 Å². The molecule has 1 atom stereocenters. The van der Waals surface area contributed by atoms with Crippen LogP contribution in [-0.4, -0.2) is 16.3 Å². The highest BCUT2D eigenvalue weighted by Gasteiger charge is 2.18. The quantitative estimate of drug-likeness (QED) is 0.689. The number of nitrogens with one attached hydrogen (secondary N) is 1. The molecule has 1 aromatic rings. The fourth-order valence-corrected chi connectivity index (χ4v) is 2.90. The van der Waals surface area contributed by atoms with Crippen molar-refractivity contribution in [3.63, 3.8) is 0 Å². The van der Waals surface area contributed by atoms with Crippen molar-refractivity contribution < 1.29 is 0 Å². The molecule has 0 saturated carbocycles. The SMILES string of the molecule is CCCCCCC(NCC)c1c(Br)cnn1CC. The smallest absolute Gasteiger partial charge is 0.0695 e. The molecule has 4 heteroatoms. The van der Waals surface area contributed by atoms with Crippen molar-refractivity contribution in [3.8, 4) is 0 Å². The standard InChI is InChI=1S/C14H26BrN3/c1-4-7-8-9-10-13(16-5-2)14-12(15)11-17-18(14)6-3/h11,13,16H,4-10H2,1-3H3. The molecule has 104 valence electrons. The van der Waals surface area contributed by atoms with Gasteiger partial charge in [0.15, 0.2) is 0 Å². The molecular formula is C14H26BrN3. The van der Waals surface area contributed by atoms with Crippen molar-refractivity contribution in [1.82, 2.24) is 15.1 Å². The Bertz CT molecular complexity index is 336. The first-order valence-corrected chi connectivity index (χ1v) is 7.98. The maximum absolute atomic E-state index is 4.41. The summed E-state index contributed by atoms with van der Waals surface area (Å²) in [6.07, 6.45) is 8.35. The summed E-state index contributed by atoms with van der Waals surface area (Å²) < 4.78 is 3.22. The molecule has 0 spiro atoms. The van der Waals surface area contributed by atoms with Crippen molar-refractivity contribution >= 4 is 15.9 Å². The van der Waals surface area contributed by atoms with Gasteiger partial charge in [-0.1, -0.05) is 39.5 Å². The molecule has 0 amide bonds. The van der Waals surface area contributed by atoms with Gasteiger partial charge in [0.25, 0.3) is 0 Å². The second-order valence-electron chi connectivity index (χ2n) is 4.65. The predicted octanol–water partition coefficient (Wildman–Crippen LogP) is 4.29. The molecule has 1 rings (SSSR count). The third-order valence-corrected chi connectivity index (χ3v) is 3.87. The monoisotopic (exact) mass is 315 g/mol. The Morgan fingerprint density at radius 3 is 2.67 bits per heavy atom. The first kappa shape index (κ1) is 15.7. The average molecular weight is 316 g/mol. The van der Waals surface area contributed by atoms with Crippen LogP contribution in [0.1, 0.15) is 64.6 Å². The Labute approximate surface area is 119 Å². The lowest BCUT2D eigenvalue weighted by Gasteiger charge is -2.19. The van der Waals surface area contributed by atoms with Crippen LogP contribution in [0.15, 0.2) is 10.7 Å². The fourth-order valence-electron chi connectivity index (χ4n) is 2.33. The number of aryl methyl sites for hydroxylation is 1. The Morgan fingerprint density at radius 2 is 2.06 bits per heavy atom. The Kier molecular flexibility index (Phi) is 7.59. The lowest BCUT2D eigenvalue weighted by Crippen LogP contribution is -2.24. The van der Waals surface area contributed by atoms with Crippen LogP contribution in [0.25, 0.3) is 0 Å². The minimum atomic E-state index is 0.420. The zero-order valence-electron chi connectivity index (χ0n) is 11.9. The fraction of sp³-hybridized carbons (Fsp3) is 0.786. The van der Waals surface area contributed by atoms with Gasteiger partial charge in [0.1, 0.15) is 0 Å². The van der Waals surface area contributed by atoms with Gasteiger partial charge < -0.3 is 5.32 Å². The van der Waals surface area contributed by atoms with E-state index in [-0.39, 0.29) is 0 Å². The highest BCUT2D eigenvalue weighted by Crippen LogP contribution is 2.27. The normalized spacial score (nSPS) is 12.9. The number of unbranched alkanes of at least 4 members (excludes halogenated alkanes) is 3. The lowest BCUT2D eigenvalue weighted by molar-refractivity contribution is 0.444. The first-order valence-electron chi connectivity index (χ1n) is 7.19. The third-order valence-electron chi connectivity index (χ3n) is 3.26. The van der Waals surface area contributed by atoms with Gasteiger partial charge >= 0.3 is 0 Å². The van der Waals surface area contributed by atoms with Gasteiger partial charge in [-0.25, -0.2) is 0 Å². The summed E-state index contributed by atoms with van der Waals surface area (Å²) in [6.45, 7) is 8.49. The summed E-state index contributed by atoms with van der Waals surface area (Å²) in [7, 11) is 0. The van der Waals surface area contributed by atoms with Gasteiger partial charge in [-0.2, -0.15) is 5.10 Å². The molecule has 18 heavy (non-hydrogen) atoms. The Balaban J connectivity index is 2.67. The lowest BCUT2D eigenvalue weighted by atomic mass is 10.0. The van der Waals surface area contributed by atoms with Crippen molar-refractivity contribution in [2.24, 2.45) is 0 Å². The summed E-state index contributed by atoms with van der Waals surface area (Å²) in [6, 6.07) is 0.420. The van der Waals surface area contributed by atoms with E-state index in [1.807, 2.05) is 6.20 Å². The molecule has 0 fully saturated rings. The van der Waals surface area contributed by atoms with Crippen LogP contribution < -0.4 is 5.32 Å². The van der Waals surface area contributed by atoms with E-state index in [0.717, 1.165) is 17.6 Å². The Morgan fingerprint density at radius 1 is 1.28 bits per heavy atom. The van der Waals surface area contributed by atoms with Crippen molar-refractivity contribution in [2.75, 3.05) is 6.54 Å². The van der Waals surface area contributed by atoms with Crippen LogP contribution in [0.2, 0.25) is 0 Å². The van der Waals surface area contributed by atoms with Crippen LogP contribution >= 0.6 is 15.9 Å². The summed E-state index contributed by atoms with van der Waals surface area (Å²) >= 11 is 3.63. The predicted molar refractivity (Wildman–Crippen MR) is 80.8 cm³/mol. The largest absolute Gasteiger partial charge is 0.309 e. The number of hydrogen-bond donors (Lipinski definition) is 1. The van der Waals surface area contributed by atoms with E-state index in [1.54, 1.807) is 0 Å². The summed E-state index contributed by atoms with van der Waals surface area (Å²) in [5, 5.41) is 8.00. The molecule has 0 aliphatic heterocycles. The van der Waals surface area contributed by atoms with E-state index in [9.17, 15) is 0 Å². The minimum absolute atomic E-state index is 0.420. The zero-order chi connectivity index (χ0) is 13.4. The van der Waals surface area contributed by atoms with E-state index >= 15 is 0 Å². The average Bonchev–Trinajstić information content (AvgIpc) is 2.74. The molecule has 1 N–H and O–H groups in total. The molecule has 1 aromatic heterocycles. The highest BCUT2D eigenvalue weighted by molar-refractivity contribution is 9.10. The zero-order valence-corrected chi connectivity index (χ0v) is 13.5. The van der Waals surface area contributed by atoms with Gasteiger partial charge in [-0.05, 0) is 35.8 Å². The van der Waals surface area contributed by atoms with Gasteiger partial charge in [-0.15, -0.1) is 0 Å².